The Kier molecular flexibility index (Phi) is 4.33. The van der Waals surface area contributed by atoms with Gasteiger partial charge in [0.2, 0.25) is 5.91 Å². The first-order chi connectivity index (χ1) is 9.03. The molecule has 7 nitrogen and oxygen atoms in total. The molecule has 0 saturated heterocycles. The molecule has 0 spiro atoms. The number of carbonyl (C=O) groups is 1. The number of benzene rings is 1. The Hall–Kier alpha value is -2.17. The Morgan fingerprint density at radius 2 is 1.75 bits per heavy atom. The molecule has 0 saturated carbocycles. The lowest BCUT2D eigenvalue weighted by molar-refractivity contribution is -0.384. The number of sulfonamides is 1. The summed E-state index contributed by atoms with van der Waals surface area (Å²) in [6.45, 7) is 0. The number of rotatable bonds is 4. The maximum Gasteiger partial charge on any atom is 0.516 e. The molecule has 0 atom stereocenters. The van der Waals surface area contributed by atoms with Crippen LogP contribution in [0.2, 0.25) is 0 Å². The second kappa shape index (κ2) is 5.45. The molecule has 110 valence electrons. The zero-order valence-electron chi connectivity index (χ0n) is 9.55. The average Bonchev–Trinajstić information content (AvgIpc) is 2.27. The van der Waals surface area contributed by atoms with Gasteiger partial charge in [-0.25, -0.2) is 4.72 Å². The summed E-state index contributed by atoms with van der Waals surface area (Å²) in [4.78, 5) is 20.8. The highest BCUT2D eigenvalue weighted by molar-refractivity contribution is 7.90. The van der Waals surface area contributed by atoms with Crippen LogP contribution < -0.4 is 4.72 Å². The zero-order chi connectivity index (χ0) is 15.6. The average molecular weight is 312 g/mol. The molecule has 0 aliphatic rings. The largest absolute Gasteiger partial charge is 0.516 e. The Morgan fingerprint density at radius 3 is 2.15 bits per heavy atom. The molecule has 11 heteroatoms. The lowest BCUT2D eigenvalue weighted by Gasteiger charge is -2.09. The third-order valence-corrected chi connectivity index (χ3v) is 3.17. The van der Waals surface area contributed by atoms with Crippen molar-refractivity contribution in [1.82, 2.24) is 4.72 Å². The van der Waals surface area contributed by atoms with Crippen molar-refractivity contribution in [1.29, 1.82) is 0 Å². The summed E-state index contributed by atoms with van der Waals surface area (Å²) in [6.07, 6.45) is -0.659. The van der Waals surface area contributed by atoms with Gasteiger partial charge in [0.1, 0.15) is 0 Å². The van der Waals surface area contributed by atoms with Gasteiger partial charge in [-0.1, -0.05) is 12.1 Å². The van der Waals surface area contributed by atoms with E-state index in [1.54, 1.807) is 0 Å². The molecule has 0 radical (unpaired) electrons. The Morgan fingerprint density at radius 1 is 1.25 bits per heavy atom. The Balaban J connectivity index is 2.75. The number of nitrogens with zero attached hydrogens (tertiary/aromatic N) is 1. The summed E-state index contributed by atoms with van der Waals surface area (Å²) in [6, 6.07) is 4.36. The zero-order valence-corrected chi connectivity index (χ0v) is 10.4. The van der Waals surface area contributed by atoms with Gasteiger partial charge in [-0.15, -0.1) is 0 Å². The molecule has 0 unspecified atom stereocenters. The molecule has 1 amide bonds. The number of amides is 1. The fourth-order valence-corrected chi connectivity index (χ4v) is 1.65. The highest BCUT2D eigenvalue weighted by Crippen LogP contribution is 2.21. The topological polar surface area (TPSA) is 106 Å². The first-order valence-corrected chi connectivity index (χ1v) is 6.36. The van der Waals surface area contributed by atoms with Crippen LogP contribution in [0, 0.1) is 10.1 Å². The first kappa shape index (κ1) is 15.9. The number of carbonyl (C=O) groups excluding carboxylic acids is 1. The minimum atomic E-state index is -5.75. The predicted octanol–water partition coefficient (Wildman–Crippen LogP) is 1.10. The van der Waals surface area contributed by atoms with Crippen LogP contribution in [0.25, 0.3) is 0 Å². The van der Waals surface area contributed by atoms with Crippen molar-refractivity contribution in [2.75, 3.05) is 0 Å². The number of hydrogen-bond donors (Lipinski definition) is 1. The summed E-state index contributed by atoms with van der Waals surface area (Å²) in [5.41, 5.74) is -5.72. The van der Waals surface area contributed by atoms with Crippen LogP contribution in [-0.4, -0.2) is 24.8 Å². The number of non-ortho nitro benzene ring substituents is 1. The van der Waals surface area contributed by atoms with Crippen molar-refractivity contribution >= 4 is 21.6 Å². The van der Waals surface area contributed by atoms with E-state index in [2.05, 4.69) is 0 Å². The standard InChI is InChI=1S/C9H7F3N2O5S/c10-9(11,12)20(18,19)13-8(15)5-6-1-3-7(4-2-6)14(16)17/h1-4H,5H2,(H,13,15). The molecule has 1 rings (SSSR count). The van der Waals surface area contributed by atoms with Crippen molar-refractivity contribution in [3.63, 3.8) is 0 Å². The molecule has 0 fully saturated rings. The molecule has 0 aliphatic carbocycles. The lowest BCUT2D eigenvalue weighted by atomic mass is 10.1. The third-order valence-electron chi connectivity index (χ3n) is 2.06. The third kappa shape index (κ3) is 3.91. The van der Waals surface area contributed by atoms with Crippen molar-refractivity contribution in [3.05, 3.63) is 39.9 Å². The van der Waals surface area contributed by atoms with Crippen LogP contribution in [0.3, 0.4) is 0 Å². The van der Waals surface area contributed by atoms with Crippen molar-refractivity contribution < 1.29 is 31.3 Å². The highest BCUT2D eigenvalue weighted by Gasteiger charge is 2.46. The second-order valence-electron chi connectivity index (χ2n) is 3.57. The van der Waals surface area contributed by atoms with Gasteiger partial charge in [0.05, 0.1) is 11.3 Å². The van der Waals surface area contributed by atoms with Gasteiger partial charge in [0, 0.05) is 12.1 Å². The van der Waals surface area contributed by atoms with E-state index in [9.17, 15) is 36.5 Å². The summed E-state index contributed by atoms with van der Waals surface area (Å²) in [7, 11) is -5.75. The van der Waals surface area contributed by atoms with E-state index in [0.717, 1.165) is 29.0 Å². The number of hydrogen-bond acceptors (Lipinski definition) is 5. The van der Waals surface area contributed by atoms with Gasteiger partial charge in [0.25, 0.3) is 5.69 Å². The molecular weight excluding hydrogens is 305 g/mol. The van der Waals surface area contributed by atoms with Crippen molar-refractivity contribution in [3.8, 4) is 0 Å². The van der Waals surface area contributed by atoms with Gasteiger partial charge >= 0.3 is 15.5 Å². The fourth-order valence-electron chi connectivity index (χ4n) is 1.16. The van der Waals surface area contributed by atoms with Crippen molar-refractivity contribution in [2.45, 2.75) is 11.9 Å². The molecule has 0 aliphatic heterocycles. The van der Waals surface area contributed by atoms with Crippen LogP contribution in [-0.2, 0) is 21.2 Å². The molecule has 1 aromatic carbocycles. The van der Waals surface area contributed by atoms with E-state index in [1.165, 1.54) is 0 Å². The van der Waals surface area contributed by atoms with E-state index in [-0.39, 0.29) is 11.3 Å². The summed E-state index contributed by atoms with van der Waals surface area (Å²) >= 11 is 0. The Labute approximate surface area is 110 Å². The van der Waals surface area contributed by atoms with Crippen LogP contribution in [0.4, 0.5) is 18.9 Å². The molecule has 1 aromatic rings. The fraction of sp³-hybridized carbons (Fsp3) is 0.222. The number of nitro groups is 1. The number of alkyl halides is 3. The summed E-state index contributed by atoms with van der Waals surface area (Å²) < 4.78 is 58.1. The van der Waals surface area contributed by atoms with Crippen LogP contribution in [0.15, 0.2) is 24.3 Å². The molecule has 20 heavy (non-hydrogen) atoms. The summed E-state index contributed by atoms with van der Waals surface area (Å²) in [5, 5.41) is 10.4. The van der Waals surface area contributed by atoms with Gasteiger partial charge in [0.15, 0.2) is 0 Å². The molecule has 1 N–H and O–H groups in total. The predicted molar refractivity (Wildman–Crippen MR) is 59.9 cm³/mol. The molecule has 0 aromatic heterocycles. The molecule has 0 bridgehead atoms. The number of nitro benzene ring substituents is 1. The van der Waals surface area contributed by atoms with E-state index in [0.29, 0.717) is 0 Å². The smallest absolute Gasteiger partial charge is 0.274 e. The molecular formula is C9H7F3N2O5S. The maximum atomic E-state index is 12.0. The van der Waals surface area contributed by atoms with E-state index in [1.807, 2.05) is 0 Å². The van der Waals surface area contributed by atoms with Gasteiger partial charge < -0.3 is 0 Å². The second-order valence-corrected chi connectivity index (χ2v) is 5.25. The normalized spacial score (nSPS) is 11.9. The van der Waals surface area contributed by atoms with Crippen LogP contribution >= 0.6 is 0 Å². The highest BCUT2D eigenvalue weighted by atomic mass is 32.2. The summed E-state index contributed by atoms with van der Waals surface area (Å²) in [5.74, 6) is -1.39. The lowest BCUT2D eigenvalue weighted by Crippen LogP contribution is -2.40. The first-order valence-electron chi connectivity index (χ1n) is 4.88. The minimum absolute atomic E-state index is 0.130. The number of halogens is 3. The van der Waals surface area contributed by atoms with Gasteiger partial charge in [-0.3, -0.25) is 14.9 Å². The SMILES string of the molecule is O=C(Cc1ccc([N+](=O)[O-])cc1)NS(=O)(=O)C(F)(F)F. The monoisotopic (exact) mass is 312 g/mol. The van der Waals surface area contributed by atoms with Crippen LogP contribution in [0.1, 0.15) is 5.56 Å². The van der Waals surface area contributed by atoms with Gasteiger partial charge in [-0.05, 0) is 5.56 Å². The van der Waals surface area contributed by atoms with E-state index in [4.69, 9.17) is 0 Å². The van der Waals surface area contributed by atoms with Gasteiger partial charge in [-0.2, -0.15) is 21.6 Å². The van der Waals surface area contributed by atoms with E-state index >= 15 is 0 Å². The molecule has 0 heterocycles. The van der Waals surface area contributed by atoms with Crippen molar-refractivity contribution in [2.24, 2.45) is 0 Å². The minimum Gasteiger partial charge on any atom is -0.274 e. The number of nitrogens with one attached hydrogen (secondary N) is 1. The quantitative estimate of drug-likeness (QED) is 0.662. The Bertz CT molecular complexity index is 624. The maximum absolute atomic E-state index is 12.0. The van der Waals surface area contributed by atoms with E-state index < -0.39 is 32.8 Å². The van der Waals surface area contributed by atoms with Crippen LogP contribution in [0.5, 0.6) is 0 Å².